The molecule has 3 saturated heterocycles. The number of aliphatic imine (C=N–C) groups is 1. The van der Waals surface area contributed by atoms with Gasteiger partial charge in [-0.3, -0.25) is 9.80 Å². The summed E-state index contributed by atoms with van der Waals surface area (Å²) in [7, 11) is 0. The third-order valence-electron chi connectivity index (χ3n) is 6.74. The van der Waals surface area contributed by atoms with Gasteiger partial charge in [0.05, 0.1) is 19.8 Å². The van der Waals surface area contributed by atoms with Gasteiger partial charge in [0, 0.05) is 44.0 Å². The molecule has 0 amide bonds. The Labute approximate surface area is 192 Å². The van der Waals surface area contributed by atoms with Crippen LogP contribution in [0, 0.1) is 0 Å². The maximum atomic E-state index is 5.59. The third kappa shape index (κ3) is 6.37. The Morgan fingerprint density at radius 2 is 1.81 bits per heavy atom. The number of thioether (sulfide) groups is 1. The summed E-state index contributed by atoms with van der Waals surface area (Å²) in [4.78, 5) is 10.1. The predicted molar refractivity (Wildman–Crippen MR) is 131 cm³/mol. The van der Waals surface area contributed by atoms with E-state index < -0.39 is 0 Å². The van der Waals surface area contributed by atoms with Gasteiger partial charge in [0.15, 0.2) is 5.96 Å². The molecule has 172 valence electrons. The van der Waals surface area contributed by atoms with Crippen molar-refractivity contribution in [1.82, 2.24) is 20.4 Å². The molecule has 0 aliphatic carbocycles. The first-order chi connectivity index (χ1) is 15.3. The number of nitrogens with one attached hydrogen (secondary N) is 2. The zero-order valence-corrected chi connectivity index (χ0v) is 19.9. The van der Waals surface area contributed by atoms with Gasteiger partial charge in [-0.1, -0.05) is 24.3 Å². The molecule has 31 heavy (non-hydrogen) atoms. The Hall–Kier alpha value is -1.28. The molecule has 1 aromatic carbocycles. The second-order valence-corrected chi connectivity index (χ2v) is 10.1. The molecule has 1 aromatic rings. The van der Waals surface area contributed by atoms with Crippen LogP contribution in [0.4, 0.5) is 0 Å². The Kier molecular flexibility index (Phi) is 8.53. The number of guanidine groups is 1. The lowest BCUT2D eigenvalue weighted by Gasteiger charge is -2.43. The van der Waals surface area contributed by atoms with Gasteiger partial charge in [0.25, 0.3) is 0 Å². The number of hydrogen-bond acceptors (Lipinski definition) is 5. The van der Waals surface area contributed by atoms with E-state index in [9.17, 15) is 0 Å². The summed E-state index contributed by atoms with van der Waals surface area (Å²) in [6, 6.07) is 9.02. The van der Waals surface area contributed by atoms with Gasteiger partial charge in [-0.15, -0.1) is 0 Å². The van der Waals surface area contributed by atoms with Gasteiger partial charge in [-0.05, 0) is 56.2 Å². The van der Waals surface area contributed by atoms with Crippen molar-refractivity contribution < 1.29 is 4.74 Å². The van der Waals surface area contributed by atoms with Crippen molar-refractivity contribution in [1.29, 1.82) is 0 Å². The lowest BCUT2D eigenvalue weighted by atomic mass is 9.95. The SMILES string of the molecule is CCNC(=NCc1ccc(CN2CCCC2)cc1)NCC1(N2CCOCC2)CCSC1. The van der Waals surface area contributed by atoms with Crippen LogP contribution in [0.1, 0.15) is 37.3 Å². The Morgan fingerprint density at radius 3 is 2.48 bits per heavy atom. The van der Waals surface area contributed by atoms with Crippen LogP contribution < -0.4 is 10.6 Å². The first kappa shape index (κ1) is 22.9. The summed E-state index contributed by atoms with van der Waals surface area (Å²) in [5.41, 5.74) is 2.90. The molecule has 4 rings (SSSR count). The Morgan fingerprint density at radius 1 is 1.06 bits per heavy atom. The van der Waals surface area contributed by atoms with E-state index in [2.05, 4.69) is 63.4 Å². The molecule has 3 aliphatic rings. The minimum absolute atomic E-state index is 0.224. The number of benzene rings is 1. The molecule has 6 nitrogen and oxygen atoms in total. The second kappa shape index (κ2) is 11.5. The zero-order valence-electron chi connectivity index (χ0n) is 19.1. The summed E-state index contributed by atoms with van der Waals surface area (Å²) in [5.74, 6) is 3.36. The molecule has 0 radical (unpaired) electrons. The van der Waals surface area contributed by atoms with Gasteiger partial charge in [0.1, 0.15) is 0 Å². The van der Waals surface area contributed by atoms with Crippen LogP contribution in [0.2, 0.25) is 0 Å². The molecule has 3 aliphatic heterocycles. The number of nitrogens with zero attached hydrogens (tertiary/aromatic N) is 3. The average Bonchev–Trinajstić information content (AvgIpc) is 3.50. The minimum atomic E-state index is 0.224. The molecule has 0 aromatic heterocycles. The van der Waals surface area contributed by atoms with E-state index in [0.717, 1.165) is 51.9 Å². The molecular weight excluding hydrogens is 406 g/mol. The van der Waals surface area contributed by atoms with E-state index in [0.29, 0.717) is 6.54 Å². The largest absolute Gasteiger partial charge is 0.379 e. The van der Waals surface area contributed by atoms with E-state index in [4.69, 9.17) is 9.73 Å². The zero-order chi connectivity index (χ0) is 21.4. The fourth-order valence-corrected chi connectivity index (χ4v) is 6.32. The van der Waals surface area contributed by atoms with Crippen molar-refractivity contribution in [3.05, 3.63) is 35.4 Å². The summed E-state index contributed by atoms with van der Waals surface area (Å²) in [6.07, 6.45) is 3.93. The summed E-state index contributed by atoms with van der Waals surface area (Å²) in [5, 5.41) is 7.11. The molecule has 3 heterocycles. The smallest absolute Gasteiger partial charge is 0.191 e. The number of hydrogen-bond donors (Lipinski definition) is 2. The van der Waals surface area contributed by atoms with Crippen molar-refractivity contribution >= 4 is 17.7 Å². The maximum Gasteiger partial charge on any atom is 0.191 e. The molecule has 0 bridgehead atoms. The number of likely N-dealkylation sites (tertiary alicyclic amines) is 1. The Bertz CT molecular complexity index is 692. The molecule has 7 heteroatoms. The fraction of sp³-hybridized carbons (Fsp3) is 0.708. The topological polar surface area (TPSA) is 52.1 Å². The predicted octanol–water partition coefficient (Wildman–Crippen LogP) is 2.55. The second-order valence-electron chi connectivity index (χ2n) is 8.97. The van der Waals surface area contributed by atoms with Crippen molar-refractivity contribution in [3.8, 4) is 0 Å². The van der Waals surface area contributed by atoms with Gasteiger partial charge in [0.2, 0.25) is 0 Å². The van der Waals surface area contributed by atoms with Gasteiger partial charge in [-0.2, -0.15) is 11.8 Å². The first-order valence-electron chi connectivity index (χ1n) is 12.0. The van der Waals surface area contributed by atoms with Crippen LogP contribution in [-0.4, -0.2) is 85.3 Å². The summed E-state index contributed by atoms with van der Waals surface area (Å²) >= 11 is 2.08. The van der Waals surface area contributed by atoms with Gasteiger partial charge in [-0.25, -0.2) is 4.99 Å². The lowest BCUT2D eigenvalue weighted by molar-refractivity contribution is -0.0120. The maximum absolute atomic E-state index is 5.59. The van der Waals surface area contributed by atoms with E-state index in [1.165, 1.54) is 55.0 Å². The third-order valence-corrected chi connectivity index (χ3v) is 7.98. The van der Waals surface area contributed by atoms with Crippen molar-refractivity contribution in [3.63, 3.8) is 0 Å². The van der Waals surface area contributed by atoms with E-state index in [1.54, 1.807) is 0 Å². The molecule has 0 spiro atoms. The molecule has 1 atom stereocenters. The average molecular weight is 446 g/mol. The molecular formula is C24H39N5OS. The summed E-state index contributed by atoms with van der Waals surface area (Å²) < 4.78 is 5.59. The highest BCUT2D eigenvalue weighted by Crippen LogP contribution is 2.33. The van der Waals surface area contributed by atoms with Crippen LogP contribution in [0.5, 0.6) is 0 Å². The van der Waals surface area contributed by atoms with Gasteiger partial charge < -0.3 is 15.4 Å². The van der Waals surface area contributed by atoms with E-state index in [1.807, 2.05) is 0 Å². The molecule has 1 unspecified atom stereocenters. The van der Waals surface area contributed by atoms with E-state index >= 15 is 0 Å². The monoisotopic (exact) mass is 445 g/mol. The number of morpholine rings is 1. The highest BCUT2D eigenvalue weighted by Gasteiger charge is 2.40. The lowest BCUT2D eigenvalue weighted by Crippen LogP contribution is -2.60. The molecule has 0 saturated carbocycles. The number of ether oxygens (including phenoxy) is 1. The quantitative estimate of drug-likeness (QED) is 0.474. The van der Waals surface area contributed by atoms with Crippen molar-refractivity contribution in [2.75, 3.05) is 64.0 Å². The highest BCUT2D eigenvalue weighted by molar-refractivity contribution is 7.99. The number of rotatable bonds is 8. The standard InChI is InChI=1S/C24H39N5OS/c1-2-25-23(27-19-24(9-16-31-20-24)29-12-14-30-15-13-29)26-17-21-5-7-22(8-6-21)18-28-10-3-4-11-28/h5-8H,2-4,9-20H2,1H3,(H2,25,26,27). The van der Waals surface area contributed by atoms with Gasteiger partial charge >= 0.3 is 0 Å². The van der Waals surface area contributed by atoms with E-state index in [-0.39, 0.29) is 5.54 Å². The highest BCUT2D eigenvalue weighted by atomic mass is 32.2. The van der Waals surface area contributed by atoms with Crippen LogP contribution in [0.3, 0.4) is 0 Å². The minimum Gasteiger partial charge on any atom is -0.379 e. The van der Waals surface area contributed by atoms with Crippen LogP contribution >= 0.6 is 11.8 Å². The molecule has 3 fully saturated rings. The first-order valence-corrected chi connectivity index (χ1v) is 13.2. The van der Waals surface area contributed by atoms with Crippen LogP contribution in [0.15, 0.2) is 29.3 Å². The van der Waals surface area contributed by atoms with Crippen LogP contribution in [0.25, 0.3) is 0 Å². The van der Waals surface area contributed by atoms with Crippen molar-refractivity contribution in [2.45, 2.75) is 44.8 Å². The fourth-order valence-electron chi connectivity index (χ4n) is 4.84. The molecule has 2 N–H and O–H groups in total. The van der Waals surface area contributed by atoms with Crippen molar-refractivity contribution in [2.24, 2.45) is 4.99 Å². The Balaban J connectivity index is 1.33. The van der Waals surface area contributed by atoms with Crippen LogP contribution in [-0.2, 0) is 17.8 Å². The normalized spacial score (nSPS) is 25.8. The summed E-state index contributed by atoms with van der Waals surface area (Å²) in [6.45, 7) is 12.0.